The third-order valence-electron chi connectivity index (χ3n) is 3.12. The van der Waals surface area contributed by atoms with Crippen molar-refractivity contribution in [1.29, 1.82) is 0 Å². The third kappa shape index (κ3) is 3.95. The van der Waals surface area contributed by atoms with E-state index in [1.165, 1.54) is 12.1 Å². The molecule has 7 heteroatoms. The van der Waals surface area contributed by atoms with Gasteiger partial charge in [0.2, 0.25) is 15.9 Å². The topological polar surface area (TPSA) is 98.5 Å². The zero-order valence-electron chi connectivity index (χ0n) is 12.3. The number of nitrogens with one attached hydrogen (secondary N) is 1. The van der Waals surface area contributed by atoms with Crippen molar-refractivity contribution in [3.8, 4) is 5.75 Å². The lowest BCUT2D eigenvalue weighted by Crippen LogP contribution is -2.32. The second-order valence-corrected chi connectivity index (χ2v) is 7.97. The van der Waals surface area contributed by atoms with E-state index in [2.05, 4.69) is 5.32 Å². The van der Waals surface area contributed by atoms with E-state index < -0.39 is 10.0 Å². The molecule has 0 radical (unpaired) electrons. The summed E-state index contributed by atoms with van der Waals surface area (Å²) in [6, 6.07) is 4.06. The molecule has 1 aromatic rings. The van der Waals surface area contributed by atoms with Gasteiger partial charge >= 0.3 is 0 Å². The van der Waals surface area contributed by atoms with Crippen LogP contribution in [0.5, 0.6) is 5.75 Å². The summed E-state index contributed by atoms with van der Waals surface area (Å²) in [5, 5.41) is 8.00. The number of hydrogen-bond donors (Lipinski definition) is 2. The van der Waals surface area contributed by atoms with Gasteiger partial charge in [-0.15, -0.1) is 0 Å². The van der Waals surface area contributed by atoms with Gasteiger partial charge in [-0.25, -0.2) is 13.6 Å². The van der Waals surface area contributed by atoms with Gasteiger partial charge in [-0.3, -0.25) is 4.79 Å². The third-order valence-corrected chi connectivity index (χ3v) is 4.03. The molecule has 0 fully saturated rings. The first-order valence-electron chi connectivity index (χ1n) is 6.65. The summed E-state index contributed by atoms with van der Waals surface area (Å²) >= 11 is 0. The fourth-order valence-electron chi connectivity index (χ4n) is 2.22. The molecule has 0 bridgehead atoms. The fourth-order valence-corrected chi connectivity index (χ4v) is 2.77. The Hall–Kier alpha value is -1.60. The molecular formula is C14H20N2O4S. The number of carbonyl (C=O) groups excluding carboxylic acids is 1. The number of carbonyl (C=O) groups is 1. The number of rotatable bonds is 3. The summed E-state index contributed by atoms with van der Waals surface area (Å²) in [7, 11) is -3.77. The van der Waals surface area contributed by atoms with E-state index in [1.807, 2.05) is 20.8 Å². The van der Waals surface area contributed by atoms with Crippen LogP contribution in [0.4, 0.5) is 0 Å². The lowest BCUT2D eigenvalue weighted by Gasteiger charge is -2.19. The monoisotopic (exact) mass is 312 g/mol. The molecule has 0 saturated carbocycles. The van der Waals surface area contributed by atoms with Crippen LogP contribution in [-0.4, -0.2) is 20.9 Å². The number of ether oxygens (including phenoxy) is 1. The molecular weight excluding hydrogens is 292 g/mol. The van der Waals surface area contributed by atoms with Crippen LogP contribution in [0.2, 0.25) is 0 Å². The first kappa shape index (κ1) is 15.8. The molecule has 1 heterocycles. The minimum Gasteiger partial charge on any atom is -0.491 e. The molecule has 1 amide bonds. The Morgan fingerprint density at radius 3 is 2.67 bits per heavy atom. The van der Waals surface area contributed by atoms with Crippen molar-refractivity contribution < 1.29 is 17.9 Å². The van der Waals surface area contributed by atoms with E-state index in [0.717, 1.165) is 0 Å². The number of hydrogen-bond acceptors (Lipinski definition) is 4. The number of nitrogens with two attached hydrogens (primary N) is 1. The molecule has 21 heavy (non-hydrogen) atoms. The molecule has 0 saturated heterocycles. The van der Waals surface area contributed by atoms with Gasteiger partial charge in [0, 0.05) is 12.0 Å². The SMILES string of the molecule is CC(C)(C)CC(=O)NC1COc2ccc(S(N)(=O)=O)cc21. The Balaban J connectivity index is 2.19. The lowest BCUT2D eigenvalue weighted by atomic mass is 9.91. The Bertz CT molecular complexity index is 662. The van der Waals surface area contributed by atoms with Crippen molar-refractivity contribution in [1.82, 2.24) is 5.32 Å². The predicted molar refractivity (Wildman–Crippen MR) is 78.3 cm³/mol. The molecule has 116 valence electrons. The molecule has 1 aliphatic heterocycles. The van der Waals surface area contributed by atoms with Crippen molar-refractivity contribution in [2.24, 2.45) is 10.6 Å². The minimum atomic E-state index is -3.77. The number of amides is 1. The maximum absolute atomic E-state index is 12.0. The average Bonchev–Trinajstić information content (AvgIpc) is 2.68. The highest BCUT2D eigenvalue weighted by Gasteiger charge is 2.28. The molecule has 1 atom stereocenters. The molecule has 3 N–H and O–H groups in total. The van der Waals surface area contributed by atoms with Gasteiger partial charge in [0.05, 0.1) is 10.9 Å². The van der Waals surface area contributed by atoms with Crippen LogP contribution in [-0.2, 0) is 14.8 Å². The van der Waals surface area contributed by atoms with Crippen LogP contribution in [0.1, 0.15) is 38.8 Å². The Morgan fingerprint density at radius 1 is 1.43 bits per heavy atom. The van der Waals surface area contributed by atoms with Gasteiger partial charge in [-0.2, -0.15) is 0 Å². The fraction of sp³-hybridized carbons (Fsp3) is 0.500. The summed E-state index contributed by atoms with van der Waals surface area (Å²) < 4.78 is 28.3. The van der Waals surface area contributed by atoms with Gasteiger partial charge in [0.1, 0.15) is 12.4 Å². The van der Waals surface area contributed by atoms with Crippen LogP contribution in [0.25, 0.3) is 0 Å². The van der Waals surface area contributed by atoms with E-state index in [-0.39, 0.29) is 22.3 Å². The van der Waals surface area contributed by atoms with Crippen LogP contribution in [0, 0.1) is 5.41 Å². The van der Waals surface area contributed by atoms with Crippen molar-refractivity contribution in [3.63, 3.8) is 0 Å². The molecule has 1 unspecified atom stereocenters. The first-order chi connectivity index (χ1) is 9.56. The first-order valence-corrected chi connectivity index (χ1v) is 8.20. The number of benzene rings is 1. The zero-order chi connectivity index (χ0) is 15.8. The highest BCUT2D eigenvalue weighted by atomic mass is 32.2. The highest BCUT2D eigenvalue weighted by Crippen LogP contribution is 2.34. The Kier molecular flexibility index (Phi) is 3.99. The van der Waals surface area contributed by atoms with Gasteiger partial charge in [-0.1, -0.05) is 20.8 Å². The second kappa shape index (κ2) is 5.31. The number of fused-ring (bicyclic) bond motifs is 1. The van der Waals surface area contributed by atoms with Crippen molar-refractivity contribution >= 4 is 15.9 Å². The molecule has 0 spiro atoms. The van der Waals surface area contributed by atoms with Crippen LogP contribution in [0.3, 0.4) is 0 Å². The van der Waals surface area contributed by atoms with Gasteiger partial charge in [-0.05, 0) is 23.6 Å². The smallest absolute Gasteiger partial charge is 0.238 e. The molecule has 0 aromatic heterocycles. The maximum atomic E-state index is 12.0. The average molecular weight is 312 g/mol. The highest BCUT2D eigenvalue weighted by molar-refractivity contribution is 7.89. The van der Waals surface area contributed by atoms with Crippen molar-refractivity contribution in [3.05, 3.63) is 23.8 Å². The zero-order valence-corrected chi connectivity index (χ0v) is 13.2. The molecule has 0 aliphatic carbocycles. The van der Waals surface area contributed by atoms with Crippen LogP contribution in [0.15, 0.2) is 23.1 Å². The van der Waals surface area contributed by atoms with Gasteiger partial charge < -0.3 is 10.1 Å². The number of primary sulfonamides is 1. The van der Waals surface area contributed by atoms with Gasteiger partial charge in [0.25, 0.3) is 0 Å². The molecule has 6 nitrogen and oxygen atoms in total. The van der Waals surface area contributed by atoms with E-state index in [9.17, 15) is 13.2 Å². The summed E-state index contributed by atoms with van der Waals surface area (Å²) in [5.41, 5.74) is 0.526. The normalized spacial score (nSPS) is 18.0. The van der Waals surface area contributed by atoms with E-state index >= 15 is 0 Å². The van der Waals surface area contributed by atoms with Gasteiger partial charge in [0.15, 0.2) is 0 Å². The Labute approximate surface area is 124 Å². The Morgan fingerprint density at radius 2 is 2.10 bits per heavy atom. The minimum absolute atomic E-state index is 0.0156. The van der Waals surface area contributed by atoms with E-state index in [4.69, 9.17) is 9.88 Å². The molecule has 1 aliphatic rings. The lowest BCUT2D eigenvalue weighted by molar-refractivity contribution is -0.123. The van der Waals surface area contributed by atoms with Crippen molar-refractivity contribution in [2.45, 2.75) is 38.1 Å². The molecule has 1 aromatic carbocycles. The predicted octanol–water partition coefficient (Wildman–Crippen LogP) is 1.32. The van der Waals surface area contributed by atoms with E-state index in [1.54, 1.807) is 6.07 Å². The van der Waals surface area contributed by atoms with Crippen LogP contribution < -0.4 is 15.2 Å². The largest absolute Gasteiger partial charge is 0.491 e. The summed E-state index contributed by atoms with van der Waals surface area (Å²) in [6.07, 6.45) is 0.383. The quantitative estimate of drug-likeness (QED) is 0.879. The number of sulfonamides is 1. The maximum Gasteiger partial charge on any atom is 0.238 e. The standard InChI is InChI=1S/C14H20N2O4S/c1-14(2,3)7-13(17)16-11-8-20-12-5-4-9(6-10(11)12)21(15,18)19/h4-6,11H,7-8H2,1-3H3,(H,16,17)(H2,15,18,19). The molecule has 2 rings (SSSR count). The van der Waals surface area contributed by atoms with Crippen molar-refractivity contribution in [2.75, 3.05) is 6.61 Å². The summed E-state index contributed by atoms with van der Waals surface area (Å²) in [5.74, 6) is 0.480. The van der Waals surface area contributed by atoms with E-state index in [0.29, 0.717) is 24.3 Å². The summed E-state index contributed by atoms with van der Waals surface area (Å²) in [6.45, 7) is 6.22. The second-order valence-electron chi connectivity index (χ2n) is 6.41. The van der Waals surface area contributed by atoms with Crippen LogP contribution >= 0.6 is 0 Å². The summed E-state index contributed by atoms with van der Waals surface area (Å²) in [4.78, 5) is 12.0.